The molecule has 0 radical (unpaired) electrons. The van der Waals surface area contributed by atoms with Crippen LogP contribution in [0.1, 0.15) is 43.7 Å². The summed E-state index contributed by atoms with van der Waals surface area (Å²) in [5, 5.41) is 3.47. The number of rotatable bonds is 5. The molecule has 0 spiro atoms. The van der Waals surface area contributed by atoms with Crippen molar-refractivity contribution in [3.63, 3.8) is 0 Å². The largest absolute Gasteiger partial charge is 0.301 e. The van der Waals surface area contributed by atoms with Gasteiger partial charge in [-0.25, -0.2) is 4.39 Å². The molecule has 0 aliphatic carbocycles. The summed E-state index contributed by atoms with van der Waals surface area (Å²) in [7, 11) is 0. The van der Waals surface area contributed by atoms with Gasteiger partial charge in [-0.05, 0) is 37.6 Å². The number of aromatic nitrogens is 2. The van der Waals surface area contributed by atoms with Crippen molar-refractivity contribution in [2.75, 3.05) is 0 Å². The van der Waals surface area contributed by atoms with Crippen molar-refractivity contribution in [2.24, 2.45) is 0 Å². The highest BCUT2D eigenvalue weighted by Crippen LogP contribution is 2.19. The number of halogens is 1. The average molecular weight is 259 g/mol. The normalized spacial score (nSPS) is 14.1. The molecule has 0 bridgehead atoms. The van der Waals surface area contributed by atoms with Gasteiger partial charge in [-0.15, -0.1) is 0 Å². The van der Waals surface area contributed by atoms with Crippen LogP contribution < -0.4 is 5.32 Å². The van der Waals surface area contributed by atoms with E-state index in [-0.39, 0.29) is 17.9 Å². The maximum atomic E-state index is 12.9. The Kier molecular flexibility index (Phi) is 4.58. The molecule has 19 heavy (non-hydrogen) atoms. The highest BCUT2D eigenvalue weighted by atomic mass is 19.1. The van der Waals surface area contributed by atoms with Crippen LogP contribution in [0.2, 0.25) is 0 Å². The quantitative estimate of drug-likeness (QED) is 0.894. The van der Waals surface area contributed by atoms with Gasteiger partial charge in [0.25, 0.3) is 0 Å². The van der Waals surface area contributed by atoms with Crippen LogP contribution in [-0.4, -0.2) is 9.97 Å². The molecule has 100 valence electrons. The fraction of sp³-hybridized carbons (Fsp3) is 0.333. The first kappa shape index (κ1) is 13.6. The van der Waals surface area contributed by atoms with Crippen molar-refractivity contribution in [3.05, 3.63) is 59.9 Å². The predicted octanol–water partition coefficient (Wildman–Crippen LogP) is 3.42. The third-order valence-electron chi connectivity index (χ3n) is 3.10. The SMILES string of the molecule is CCC(N[C@@H](C)c1ccccn1)c1ccc(F)cn1. The van der Waals surface area contributed by atoms with E-state index in [1.54, 1.807) is 12.3 Å². The van der Waals surface area contributed by atoms with Gasteiger partial charge in [-0.2, -0.15) is 0 Å². The van der Waals surface area contributed by atoms with Gasteiger partial charge >= 0.3 is 0 Å². The van der Waals surface area contributed by atoms with Crippen LogP contribution in [0, 0.1) is 5.82 Å². The van der Waals surface area contributed by atoms with Crippen molar-refractivity contribution < 1.29 is 4.39 Å². The fourth-order valence-electron chi connectivity index (χ4n) is 2.03. The molecule has 0 fully saturated rings. The predicted molar refractivity (Wildman–Crippen MR) is 73.0 cm³/mol. The molecule has 2 heterocycles. The van der Waals surface area contributed by atoms with Gasteiger partial charge in [0.1, 0.15) is 5.82 Å². The second-order valence-corrected chi connectivity index (χ2v) is 4.51. The van der Waals surface area contributed by atoms with E-state index in [4.69, 9.17) is 0 Å². The van der Waals surface area contributed by atoms with Crippen LogP contribution in [0.25, 0.3) is 0 Å². The molecule has 0 amide bonds. The molecule has 0 aliphatic rings. The summed E-state index contributed by atoms with van der Waals surface area (Å²) in [5.41, 5.74) is 1.84. The zero-order chi connectivity index (χ0) is 13.7. The zero-order valence-electron chi connectivity index (χ0n) is 11.2. The van der Waals surface area contributed by atoms with Crippen LogP contribution in [0.3, 0.4) is 0 Å². The third kappa shape index (κ3) is 3.58. The van der Waals surface area contributed by atoms with E-state index in [1.807, 2.05) is 18.2 Å². The number of nitrogens with zero attached hydrogens (tertiary/aromatic N) is 2. The number of hydrogen-bond acceptors (Lipinski definition) is 3. The first-order chi connectivity index (χ1) is 9.20. The lowest BCUT2D eigenvalue weighted by Gasteiger charge is -2.21. The Morgan fingerprint density at radius 1 is 1.16 bits per heavy atom. The van der Waals surface area contributed by atoms with Crippen LogP contribution in [0.5, 0.6) is 0 Å². The molecule has 2 rings (SSSR count). The van der Waals surface area contributed by atoms with Gasteiger partial charge < -0.3 is 5.32 Å². The van der Waals surface area contributed by atoms with Crippen LogP contribution in [0.4, 0.5) is 4.39 Å². The molecule has 2 atom stereocenters. The monoisotopic (exact) mass is 259 g/mol. The van der Waals surface area contributed by atoms with Gasteiger partial charge in [0, 0.05) is 18.3 Å². The molecule has 0 saturated carbocycles. The standard InChI is InChI=1S/C15H18FN3/c1-3-13(15-8-7-12(16)10-18-15)19-11(2)14-6-4-5-9-17-14/h4-11,13,19H,3H2,1-2H3/t11-,13?/m0/s1. The highest BCUT2D eigenvalue weighted by Gasteiger charge is 2.15. The van der Waals surface area contributed by atoms with Crippen molar-refractivity contribution in [1.82, 2.24) is 15.3 Å². The second kappa shape index (κ2) is 6.38. The lowest BCUT2D eigenvalue weighted by atomic mass is 10.1. The summed E-state index contributed by atoms with van der Waals surface area (Å²) in [6.07, 6.45) is 3.92. The minimum atomic E-state index is -0.309. The Hall–Kier alpha value is -1.81. The Morgan fingerprint density at radius 3 is 2.58 bits per heavy atom. The first-order valence-electron chi connectivity index (χ1n) is 6.49. The van der Waals surface area contributed by atoms with Gasteiger partial charge in [-0.1, -0.05) is 13.0 Å². The molecule has 2 aromatic heterocycles. The van der Waals surface area contributed by atoms with Crippen molar-refractivity contribution >= 4 is 0 Å². The molecule has 2 aromatic rings. The maximum Gasteiger partial charge on any atom is 0.141 e. The third-order valence-corrected chi connectivity index (χ3v) is 3.10. The molecule has 0 aromatic carbocycles. The summed E-state index contributed by atoms with van der Waals surface area (Å²) in [6, 6.07) is 9.24. The van der Waals surface area contributed by atoms with Gasteiger partial charge in [0.15, 0.2) is 0 Å². The molecular formula is C15H18FN3. The Morgan fingerprint density at radius 2 is 2.00 bits per heavy atom. The number of pyridine rings is 2. The van der Waals surface area contributed by atoms with Crippen LogP contribution in [-0.2, 0) is 0 Å². The van der Waals surface area contributed by atoms with E-state index in [2.05, 4.69) is 29.1 Å². The Bertz CT molecular complexity index is 499. The smallest absolute Gasteiger partial charge is 0.141 e. The summed E-state index contributed by atoms with van der Waals surface area (Å²) < 4.78 is 12.9. The summed E-state index contributed by atoms with van der Waals surface area (Å²) in [6.45, 7) is 4.14. The second-order valence-electron chi connectivity index (χ2n) is 4.51. The Balaban J connectivity index is 2.09. The van der Waals surface area contributed by atoms with E-state index in [9.17, 15) is 4.39 Å². The van der Waals surface area contributed by atoms with Gasteiger partial charge in [0.2, 0.25) is 0 Å². The molecule has 1 unspecified atom stereocenters. The Labute approximate surface area is 112 Å². The van der Waals surface area contributed by atoms with Crippen molar-refractivity contribution in [3.8, 4) is 0 Å². The fourth-order valence-corrected chi connectivity index (χ4v) is 2.03. The van der Waals surface area contributed by atoms with E-state index < -0.39 is 0 Å². The van der Waals surface area contributed by atoms with Crippen LogP contribution in [0.15, 0.2) is 42.7 Å². The lowest BCUT2D eigenvalue weighted by Crippen LogP contribution is -2.25. The van der Waals surface area contributed by atoms with Crippen LogP contribution >= 0.6 is 0 Å². The van der Waals surface area contributed by atoms with E-state index in [0.717, 1.165) is 17.8 Å². The molecule has 0 aliphatic heterocycles. The van der Waals surface area contributed by atoms with Gasteiger partial charge in [0.05, 0.1) is 17.6 Å². The molecule has 0 saturated heterocycles. The summed E-state index contributed by atoms with van der Waals surface area (Å²) in [5.74, 6) is -0.309. The number of hydrogen-bond donors (Lipinski definition) is 1. The molecule has 3 nitrogen and oxygen atoms in total. The topological polar surface area (TPSA) is 37.8 Å². The van der Waals surface area contributed by atoms with E-state index >= 15 is 0 Å². The molecule has 1 N–H and O–H groups in total. The summed E-state index contributed by atoms with van der Waals surface area (Å²) >= 11 is 0. The first-order valence-corrected chi connectivity index (χ1v) is 6.49. The number of nitrogens with one attached hydrogen (secondary N) is 1. The minimum Gasteiger partial charge on any atom is -0.301 e. The van der Waals surface area contributed by atoms with Gasteiger partial charge in [-0.3, -0.25) is 9.97 Å². The average Bonchev–Trinajstić information content (AvgIpc) is 2.46. The molecule has 4 heteroatoms. The van der Waals surface area contributed by atoms with Crippen molar-refractivity contribution in [2.45, 2.75) is 32.4 Å². The highest BCUT2D eigenvalue weighted by molar-refractivity contribution is 5.12. The zero-order valence-corrected chi connectivity index (χ0v) is 11.2. The van der Waals surface area contributed by atoms with Crippen molar-refractivity contribution in [1.29, 1.82) is 0 Å². The minimum absolute atomic E-state index is 0.0950. The maximum absolute atomic E-state index is 12.9. The van der Waals surface area contributed by atoms with E-state index in [0.29, 0.717) is 0 Å². The lowest BCUT2D eigenvalue weighted by molar-refractivity contribution is 0.441. The van der Waals surface area contributed by atoms with E-state index in [1.165, 1.54) is 12.3 Å². The summed E-state index contributed by atoms with van der Waals surface area (Å²) in [4.78, 5) is 8.47. The molecular weight excluding hydrogens is 241 g/mol.